The minimum atomic E-state index is -3.58. The Bertz CT molecular complexity index is 779. The van der Waals surface area contributed by atoms with Crippen molar-refractivity contribution in [3.8, 4) is 0 Å². The number of hydrogen-bond donors (Lipinski definition) is 2. The Kier molecular flexibility index (Phi) is 6.08. The number of aliphatic imine (C=N–C) groups is 1. The standard InChI is InChI=1S/C16H22N4O3S.ClH/c1-11(17)13-7-4-5-9-20(13)15(21)10-18-16-12-6-2-3-8-14(12)24(22,23)19-16;/h2-3,6,8,11,13H,4-5,7,9-10,17H2,1H3,(H,18,19);1H. The monoisotopic (exact) mass is 386 g/mol. The van der Waals surface area contributed by atoms with Gasteiger partial charge in [-0.3, -0.25) is 14.5 Å². The van der Waals surface area contributed by atoms with Gasteiger partial charge in [-0.1, -0.05) is 12.1 Å². The number of amidine groups is 1. The van der Waals surface area contributed by atoms with Crippen molar-refractivity contribution in [2.45, 2.75) is 43.2 Å². The molecule has 9 heteroatoms. The predicted octanol–water partition coefficient (Wildman–Crippen LogP) is 0.875. The van der Waals surface area contributed by atoms with Crippen LogP contribution in [0.3, 0.4) is 0 Å². The largest absolute Gasteiger partial charge is 0.337 e. The number of nitrogens with zero attached hydrogens (tertiary/aromatic N) is 2. The average molecular weight is 387 g/mol. The SMILES string of the molecule is CC(N)C1CCCCN1C(=O)CN=C1NS(=O)(=O)c2ccccc21.Cl. The second kappa shape index (κ2) is 7.72. The highest BCUT2D eigenvalue weighted by Gasteiger charge is 2.32. The summed E-state index contributed by atoms with van der Waals surface area (Å²) in [4.78, 5) is 18.7. The van der Waals surface area contributed by atoms with Gasteiger partial charge in [-0.15, -0.1) is 12.4 Å². The number of piperidine rings is 1. The van der Waals surface area contributed by atoms with Crippen LogP contribution in [0, 0.1) is 0 Å². The van der Waals surface area contributed by atoms with Crippen LogP contribution in [0.2, 0.25) is 0 Å². The van der Waals surface area contributed by atoms with Gasteiger partial charge in [-0.2, -0.15) is 0 Å². The van der Waals surface area contributed by atoms with E-state index in [1.165, 1.54) is 6.07 Å². The summed E-state index contributed by atoms with van der Waals surface area (Å²) in [6.07, 6.45) is 2.92. The lowest BCUT2D eigenvalue weighted by atomic mass is 9.97. The topological polar surface area (TPSA) is 105 Å². The number of halogens is 1. The number of nitrogens with two attached hydrogens (primary N) is 1. The van der Waals surface area contributed by atoms with E-state index < -0.39 is 10.0 Å². The normalized spacial score (nSPS) is 24.2. The minimum absolute atomic E-state index is 0. The molecule has 2 atom stereocenters. The number of rotatable bonds is 3. The maximum atomic E-state index is 12.5. The quantitative estimate of drug-likeness (QED) is 0.804. The van der Waals surface area contributed by atoms with Crippen molar-refractivity contribution >= 4 is 34.2 Å². The van der Waals surface area contributed by atoms with E-state index in [2.05, 4.69) is 9.71 Å². The highest BCUT2D eigenvalue weighted by molar-refractivity contribution is 7.90. The molecule has 2 aliphatic heterocycles. The molecule has 25 heavy (non-hydrogen) atoms. The highest BCUT2D eigenvalue weighted by Crippen LogP contribution is 2.23. The molecule has 3 rings (SSSR count). The van der Waals surface area contributed by atoms with Gasteiger partial charge in [0.1, 0.15) is 12.4 Å². The lowest BCUT2D eigenvalue weighted by Gasteiger charge is -2.37. The highest BCUT2D eigenvalue weighted by atomic mass is 35.5. The summed E-state index contributed by atoms with van der Waals surface area (Å²) < 4.78 is 26.5. The second-order valence-corrected chi connectivity index (χ2v) is 7.93. The van der Waals surface area contributed by atoms with Crippen molar-refractivity contribution in [3.63, 3.8) is 0 Å². The van der Waals surface area contributed by atoms with Crippen LogP contribution in [0.5, 0.6) is 0 Å². The van der Waals surface area contributed by atoms with Crippen LogP contribution in [-0.2, 0) is 14.8 Å². The summed E-state index contributed by atoms with van der Waals surface area (Å²) in [5.74, 6) is 0.112. The van der Waals surface area contributed by atoms with Crippen LogP contribution in [0.1, 0.15) is 31.7 Å². The summed E-state index contributed by atoms with van der Waals surface area (Å²) in [7, 11) is -3.58. The van der Waals surface area contributed by atoms with Crippen molar-refractivity contribution in [3.05, 3.63) is 29.8 Å². The molecule has 0 radical (unpaired) electrons. The Labute approximate surface area is 154 Å². The molecule has 0 spiro atoms. The van der Waals surface area contributed by atoms with E-state index >= 15 is 0 Å². The maximum Gasteiger partial charge on any atom is 0.263 e. The molecule has 1 amide bonds. The zero-order chi connectivity index (χ0) is 17.3. The molecule has 2 unspecified atom stereocenters. The number of benzene rings is 1. The van der Waals surface area contributed by atoms with Crippen molar-refractivity contribution in [2.75, 3.05) is 13.1 Å². The molecule has 2 aliphatic rings. The van der Waals surface area contributed by atoms with E-state index in [0.29, 0.717) is 12.1 Å². The van der Waals surface area contributed by atoms with Crippen LogP contribution >= 0.6 is 12.4 Å². The minimum Gasteiger partial charge on any atom is -0.337 e. The number of carbonyl (C=O) groups excluding carboxylic acids is 1. The molecule has 0 saturated carbocycles. The van der Waals surface area contributed by atoms with Gasteiger partial charge in [0.15, 0.2) is 0 Å². The number of likely N-dealkylation sites (tertiary alicyclic amines) is 1. The molecule has 0 aromatic heterocycles. The van der Waals surface area contributed by atoms with E-state index in [-0.39, 0.29) is 47.7 Å². The second-order valence-electron chi connectivity index (χ2n) is 6.28. The molecule has 2 heterocycles. The molecule has 138 valence electrons. The zero-order valence-electron chi connectivity index (χ0n) is 14.0. The molecule has 1 saturated heterocycles. The molecule has 0 bridgehead atoms. The smallest absolute Gasteiger partial charge is 0.263 e. The molecule has 1 fully saturated rings. The van der Waals surface area contributed by atoms with Gasteiger partial charge in [0.2, 0.25) is 5.91 Å². The molecule has 1 aromatic carbocycles. The number of hydrogen-bond acceptors (Lipinski definition) is 5. The van der Waals surface area contributed by atoms with Gasteiger partial charge in [0.05, 0.1) is 4.90 Å². The Hall–Kier alpha value is -1.64. The fourth-order valence-electron chi connectivity index (χ4n) is 3.30. The van der Waals surface area contributed by atoms with Crippen LogP contribution in [0.25, 0.3) is 0 Å². The summed E-state index contributed by atoms with van der Waals surface area (Å²) in [6, 6.07) is 6.55. The first-order valence-electron chi connectivity index (χ1n) is 8.12. The van der Waals surface area contributed by atoms with Gasteiger partial charge in [0.25, 0.3) is 10.0 Å². The van der Waals surface area contributed by atoms with E-state index in [0.717, 1.165) is 19.3 Å². The maximum absolute atomic E-state index is 12.5. The van der Waals surface area contributed by atoms with Crippen LogP contribution < -0.4 is 10.5 Å². The number of carbonyl (C=O) groups is 1. The third-order valence-electron chi connectivity index (χ3n) is 4.51. The van der Waals surface area contributed by atoms with E-state index in [9.17, 15) is 13.2 Å². The summed E-state index contributed by atoms with van der Waals surface area (Å²) in [5, 5.41) is 0. The molecule has 7 nitrogen and oxygen atoms in total. The van der Waals surface area contributed by atoms with Gasteiger partial charge < -0.3 is 10.6 Å². The number of fused-ring (bicyclic) bond motifs is 1. The first kappa shape index (κ1) is 19.7. The molecular formula is C16H23ClN4O3S. The van der Waals surface area contributed by atoms with Gasteiger partial charge >= 0.3 is 0 Å². The Balaban J connectivity index is 0.00000225. The lowest BCUT2D eigenvalue weighted by Crippen LogP contribution is -2.52. The Morgan fingerprint density at radius 2 is 2.12 bits per heavy atom. The van der Waals surface area contributed by atoms with Gasteiger partial charge in [-0.05, 0) is 38.3 Å². The molecular weight excluding hydrogens is 364 g/mol. The van der Waals surface area contributed by atoms with Crippen molar-refractivity contribution in [1.29, 1.82) is 0 Å². The third-order valence-corrected chi connectivity index (χ3v) is 5.91. The predicted molar refractivity (Wildman–Crippen MR) is 98.4 cm³/mol. The lowest BCUT2D eigenvalue weighted by molar-refractivity contribution is -0.133. The molecule has 0 aliphatic carbocycles. The molecule has 1 aromatic rings. The first-order valence-corrected chi connectivity index (χ1v) is 9.60. The van der Waals surface area contributed by atoms with E-state index in [1.54, 1.807) is 23.1 Å². The first-order chi connectivity index (χ1) is 11.4. The van der Waals surface area contributed by atoms with E-state index in [4.69, 9.17) is 5.73 Å². The van der Waals surface area contributed by atoms with E-state index in [1.807, 2.05) is 6.92 Å². The van der Waals surface area contributed by atoms with Crippen LogP contribution in [0.15, 0.2) is 34.2 Å². The summed E-state index contributed by atoms with van der Waals surface area (Å²) >= 11 is 0. The third kappa shape index (κ3) is 3.96. The Morgan fingerprint density at radius 3 is 2.84 bits per heavy atom. The van der Waals surface area contributed by atoms with Crippen molar-refractivity contribution in [1.82, 2.24) is 9.62 Å². The number of amides is 1. The van der Waals surface area contributed by atoms with Gasteiger partial charge in [-0.25, -0.2) is 8.42 Å². The Morgan fingerprint density at radius 1 is 1.40 bits per heavy atom. The average Bonchev–Trinajstić information content (AvgIpc) is 2.84. The summed E-state index contributed by atoms with van der Waals surface area (Å²) in [6.45, 7) is 2.50. The van der Waals surface area contributed by atoms with Crippen LogP contribution in [0.4, 0.5) is 0 Å². The number of nitrogens with one attached hydrogen (secondary N) is 1. The number of sulfonamides is 1. The fraction of sp³-hybridized carbons (Fsp3) is 0.500. The molecule has 3 N–H and O–H groups in total. The van der Waals surface area contributed by atoms with Gasteiger partial charge in [0, 0.05) is 24.2 Å². The fourth-order valence-corrected chi connectivity index (χ4v) is 4.55. The van der Waals surface area contributed by atoms with Crippen LogP contribution in [-0.4, -0.2) is 50.2 Å². The summed E-state index contributed by atoms with van der Waals surface area (Å²) in [5.41, 5.74) is 6.50. The van der Waals surface area contributed by atoms with Crippen molar-refractivity contribution < 1.29 is 13.2 Å². The zero-order valence-corrected chi connectivity index (χ0v) is 15.6. The van der Waals surface area contributed by atoms with Crippen molar-refractivity contribution in [2.24, 2.45) is 10.7 Å².